The molecule has 0 atom stereocenters. The highest BCUT2D eigenvalue weighted by Gasteiger charge is 2.13. The lowest BCUT2D eigenvalue weighted by Gasteiger charge is -2.06. The molecule has 6 nitrogen and oxygen atoms in total. The molecule has 0 heterocycles. The lowest BCUT2D eigenvalue weighted by Crippen LogP contribution is -2.21. The molecule has 0 saturated heterocycles. The summed E-state index contributed by atoms with van der Waals surface area (Å²) < 4.78 is 0. The Hall–Kier alpha value is -2.13. The van der Waals surface area contributed by atoms with E-state index in [4.69, 9.17) is 5.26 Å². The van der Waals surface area contributed by atoms with Gasteiger partial charge in [0.2, 0.25) is 0 Å². The van der Waals surface area contributed by atoms with Crippen molar-refractivity contribution in [2.75, 3.05) is 25.0 Å². The van der Waals surface area contributed by atoms with Gasteiger partial charge in [-0.3, -0.25) is 10.1 Å². The van der Waals surface area contributed by atoms with Crippen LogP contribution < -0.4 is 10.6 Å². The molecule has 0 bridgehead atoms. The normalized spacial score (nSPS) is 9.65. The molecule has 0 fully saturated rings. The van der Waals surface area contributed by atoms with Crippen molar-refractivity contribution in [1.82, 2.24) is 5.32 Å². The first-order valence-corrected chi connectivity index (χ1v) is 5.32. The number of nitro benzene ring substituents is 1. The van der Waals surface area contributed by atoms with Crippen LogP contribution in [0.3, 0.4) is 0 Å². The monoisotopic (exact) mass is 234 g/mol. The predicted molar refractivity (Wildman–Crippen MR) is 64.8 cm³/mol. The Morgan fingerprint density at radius 3 is 2.82 bits per heavy atom. The first-order chi connectivity index (χ1) is 8.19. The average Bonchev–Trinajstić information content (AvgIpc) is 2.34. The standard InChI is InChI=1S/C11H14N4O2/c1-2-13-5-6-14-10-3-4-11(15(16)17)9(7-10)8-12/h3-4,7,13-14H,2,5-6H2,1H3. The number of nitriles is 1. The molecule has 17 heavy (non-hydrogen) atoms. The first kappa shape index (κ1) is 12.9. The minimum absolute atomic E-state index is 0.0726. The molecule has 0 aromatic heterocycles. The highest BCUT2D eigenvalue weighted by molar-refractivity contribution is 5.58. The molecule has 0 aliphatic heterocycles. The molecule has 0 radical (unpaired) electrons. The number of likely N-dealkylation sites (N-methyl/N-ethyl adjacent to an activating group) is 1. The van der Waals surface area contributed by atoms with Crippen LogP contribution in [0.4, 0.5) is 11.4 Å². The van der Waals surface area contributed by atoms with E-state index in [-0.39, 0.29) is 11.3 Å². The second kappa shape index (κ2) is 6.45. The van der Waals surface area contributed by atoms with E-state index in [1.165, 1.54) is 12.1 Å². The van der Waals surface area contributed by atoms with E-state index >= 15 is 0 Å². The molecule has 0 aliphatic rings. The van der Waals surface area contributed by atoms with Gasteiger partial charge in [0, 0.05) is 24.8 Å². The van der Waals surface area contributed by atoms with E-state index in [0.717, 1.165) is 13.1 Å². The summed E-state index contributed by atoms with van der Waals surface area (Å²) >= 11 is 0. The molecule has 0 amide bonds. The Morgan fingerprint density at radius 2 is 2.24 bits per heavy atom. The van der Waals surface area contributed by atoms with Crippen LogP contribution in [0.25, 0.3) is 0 Å². The van der Waals surface area contributed by atoms with Crippen molar-refractivity contribution in [2.45, 2.75) is 6.92 Å². The van der Waals surface area contributed by atoms with Crippen LogP contribution in [-0.4, -0.2) is 24.6 Å². The zero-order valence-corrected chi connectivity index (χ0v) is 9.56. The van der Waals surface area contributed by atoms with Crippen LogP contribution in [0.5, 0.6) is 0 Å². The molecule has 0 aliphatic carbocycles. The topological polar surface area (TPSA) is 91.0 Å². The summed E-state index contributed by atoms with van der Waals surface area (Å²) in [7, 11) is 0. The summed E-state index contributed by atoms with van der Waals surface area (Å²) in [6.07, 6.45) is 0. The van der Waals surface area contributed by atoms with E-state index in [9.17, 15) is 10.1 Å². The van der Waals surface area contributed by atoms with Crippen LogP contribution in [0.2, 0.25) is 0 Å². The Labute approximate surface area is 99.4 Å². The Kier molecular flexibility index (Phi) is 4.91. The third-order valence-electron chi connectivity index (χ3n) is 2.19. The highest BCUT2D eigenvalue weighted by atomic mass is 16.6. The fourth-order valence-corrected chi connectivity index (χ4v) is 1.37. The van der Waals surface area contributed by atoms with Gasteiger partial charge in [-0.25, -0.2) is 0 Å². The third kappa shape index (κ3) is 3.74. The van der Waals surface area contributed by atoms with Gasteiger partial charge in [0.1, 0.15) is 11.6 Å². The van der Waals surface area contributed by atoms with Crippen molar-refractivity contribution in [3.8, 4) is 6.07 Å². The molecule has 0 unspecified atom stereocenters. The van der Waals surface area contributed by atoms with Gasteiger partial charge in [-0.15, -0.1) is 0 Å². The van der Waals surface area contributed by atoms with Gasteiger partial charge in [0.15, 0.2) is 0 Å². The largest absolute Gasteiger partial charge is 0.384 e. The molecule has 6 heteroatoms. The van der Waals surface area contributed by atoms with Gasteiger partial charge in [-0.05, 0) is 18.7 Å². The van der Waals surface area contributed by atoms with Crippen molar-refractivity contribution >= 4 is 11.4 Å². The molecule has 1 rings (SSSR count). The van der Waals surface area contributed by atoms with Gasteiger partial charge in [0.05, 0.1) is 4.92 Å². The summed E-state index contributed by atoms with van der Waals surface area (Å²) in [6.45, 7) is 4.41. The van der Waals surface area contributed by atoms with Crippen LogP contribution in [-0.2, 0) is 0 Å². The lowest BCUT2D eigenvalue weighted by atomic mass is 10.2. The number of nitrogens with zero attached hydrogens (tertiary/aromatic N) is 2. The molecule has 2 N–H and O–H groups in total. The summed E-state index contributed by atoms with van der Waals surface area (Å²) in [6, 6.07) is 6.26. The fraction of sp³-hybridized carbons (Fsp3) is 0.364. The zero-order valence-electron chi connectivity index (χ0n) is 9.56. The van der Waals surface area contributed by atoms with Gasteiger partial charge >= 0.3 is 0 Å². The molecule has 1 aromatic rings. The van der Waals surface area contributed by atoms with Crippen molar-refractivity contribution < 1.29 is 4.92 Å². The number of hydrogen-bond acceptors (Lipinski definition) is 5. The maximum absolute atomic E-state index is 10.6. The van der Waals surface area contributed by atoms with E-state index in [0.29, 0.717) is 12.2 Å². The Morgan fingerprint density at radius 1 is 1.47 bits per heavy atom. The second-order valence-corrected chi connectivity index (χ2v) is 3.38. The van der Waals surface area contributed by atoms with Gasteiger partial charge < -0.3 is 10.6 Å². The van der Waals surface area contributed by atoms with Crippen LogP contribution in [0.1, 0.15) is 12.5 Å². The number of nitrogens with one attached hydrogen (secondary N) is 2. The summed E-state index contributed by atoms with van der Waals surface area (Å²) in [5, 5.41) is 25.6. The second-order valence-electron chi connectivity index (χ2n) is 3.38. The van der Waals surface area contributed by atoms with E-state index < -0.39 is 4.92 Å². The quantitative estimate of drug-likeness (QED) is 0.442. The molecular weight excluding hydrogens is 220 g/mol. The number of anilines is 1. The van der Waals surface area contributed by atoms with Crippen LogP contribution >= 0.6 is 0 Å². The van der Waals surface area contributed by atoms with Crippen LogP contribution in [0.15, 0.2) is 18.2 Å². The Balaban J connectivity index is 2.70. The average molecular weight is 234 g/mol. The smallest absolute Gasteiger partial charge is 0.287 e. The fourth-order valence-electron chi connectivity index (χ4n) is 1.37. The van der Waals surface area contributed by atoms with E-state index in [1.54, 1.807) is 6.07 Å². The predicted octanol–water partition coefficient (Wildman–Crippen LogP) is 1.49. The van der Waals surface area contributed by atoms with Crippen molar-refractivity contribution in [2.24, 2.45) is 0 Å². The molecular formula is C11H14N4O2. The van der Waals surface area contributed by atoms with E-state index in [1.807, 2.05) is 13.0 Å². The molecule has 1 aromatic carbocycles. The first-order valence-electron chi connectivity index (χ1n) is 5.32. The number of benzene rings is 1. The maximum atomic E-state index is 10.6. The Bertz CT molecular complexity index is 440. The van der Waals surface area contributed by atoms with Gasteiger partial charge in [-0.2, -0.15) is 5.26 Å². The highest BCUT2D eigenvalue weighted by Crippen LogP contribution is 2.21. The summed E-state index contributed by atoms with van der Waals surface area (Å²) in [5.41, 5.74) is 0.623. The molecule has 90 valence electrons. The maximum Gasteiger partial charge on any atom is 0.287 e. The van der Waals surface area contributed by atoms with E-state index in [2.05, 4.69) is 10.6 Å². The minimum atomic E-state index is -0.555. The summed E-state index contributed by atoms with van der Waals surface area (Å²) in [5.74, 6) is 0. The SMILES string of the molecule is CCNCCNc1ccc([N+](=O)[O-])c(C#N)c1. The number of hydrogen-bond donors (Lipinski definition) is 2. The van der Waals surface area contributed by atoms with Crippen molar-refractivity contribution in [3.63, 3.8) is 0 Å². The summed E-state index contributed by atoms with van der Waals surface area (Å²) in [4.78, 5) is 10.1. The van der Waals surface area contributed by atoms with Gasteiger partial charge in [0.25, 0.3) is 5.69 Å². The number of rotatable bonds is 6. The zero-order chi connectivity index (χ0) is 12.7. The molecule has 0 spiro atoms. The van der Waals surface area contributed by atoms with Crippen molar-refractivity contribution in [1.29, 1.82) is 5.26 Å². The lowest BCUT2D eigenvalue weighted by molar-refractivity contribution is -0.385. The number of nitro groups is 1. The van der Waals surface area contributed by atoms with Gasteiger partial charge in [-0.1, -0.05) is 6.92 Å². The van der Waals surface area contributed by atoms with Crippen LogP contribution in [0, 0.1) is 21.4 Å². The minimum Gasteiger partial charge on any atom is -0.384 e. The molecule has 0 saturated carbocycles. The van der Waals surface area contributed by atoms with Crippen molar-refractivity contribution in [3.05, 3.63) is 33.9 Å². The third-order valence-corrected chi connectivity index (χ3v) is 2.19.